The maximum Gasteiger partial charge on any atom is 0.229 e. The van der Waals surface area contributed by atoms with Crippen LogP contribution in [0.1, 0.15) is 25.3 Å². The fourth-order valence-electron chi connectivity index (χ4n) is 2.35. The van der Waals surface area contributed by atoms with Crippen LogP contribution in [0, 0.1) is 0 Å². The lowest BCUT2D eigenvalue weighted by Crippen LogP contribution is -2.33. The standard InChI is InChI=1S/C15H19NO3/c1-10(2)8-11-9-12(19-3)4-5-13(11)16-14(17)6-7-15(16)18/h4-5,9,14,17H,1,6-8H2,2-3H3. The highest BCUT2D eigenvalue weighted by Gasteiger charge is 2.31. The number of methoxy groups -OCH3 is 1. The summed E-state index contributed by atoms with van der Waals surface area (Å²) in [5.41, 5.74) is 2.69. The molecule has 0 spiro atoms. The summed E-state index contributed by atoms with van der Waals surface area (Å²) in [4.78, 5) is 13.4. The first-order chi connectivity index (χ1) is 9.02. The van der Waals surface area contributed by atoms with Crippen molar-refractivity contribution in [3.8, 4) is 5.75 Å². The number of nitrogens with zero attached hydrogens (tertiary/aromatic N) is 1. The lowest BCUT2D eigenvalue weighted by molar-refractivity contribution is -0.117. The molecule has 1 aliphatic rings. The molecule has 1 amide bonds. The fraction of sp³-hybridized carbons (Fsp3) is 0.400. The van der Waals surface area contributed by atoms with Crippen LogP contribution in [-0.2, 0) is 11.2 Å². The van der Waals surface area contributed by atoms with Gasteiger partial charge in [0.2, 0.25) is 5.91 Å². The number of anilines is 1. The van der Waals surface area contributed by atoms with Crippen LogP contribution in [0.25, 0.3) is 0 Å². The Balaban J connectivity index is 2.43. The van der Waals surface area contributed by atoms with Gasteiger partial charge in [0.1, 0.15) is 12.0 Å². The molecule has 102 valence electrons. The Labute approximate surface area is 113 Å². The van der Waals surface area contributed by atoms with Crippen LogP contribution in [0.5, 0.6) is 5.75 Å². The quantitative estimate of drug-likeness (QED) is 0.846. The van der Waals surface area contributed by atoms with Gasteiger partial charge in [-0.25, -0.2) is 0 Å². The summed E-state index contributed by atoms with van der Waals surface area (Å²) in [5, 5.41) is 9.95. The van der Waals surface area contributed by atoms with Crippen LogP contribution in [0.3, 0.4) is 0 Å². The minimum Gasteiger partial charge on any atom is -0.497 e. The zero-order valence-corrected chi connectivity index (χ0v) is 11.3. The Bertz CT molecular complexity index is 510. The second-order valence-corrected chi connectivity index (χ2v) is 4.91. The predicted octanol–water partition coefficient (Wildman–Crippen LogP) is 2.26. The summed E-state index contributed by atoms with van der Waals surface area (Å²) in [5.74, 6) is 0.696. The van der Waals surface area contributed by atoms with Gasteiger partial charge in [-0.15, -0.1) is 0 Å². The van der Waals surface area contributed by atoms with Crippen LogP contribution in [-0.4, -0.2) is 24.4 Å². The number of rotatable bonds is 4. The molecule has 1 fully saturated rings. The smallest absolute Gasteiger partial charge is 0.229 e. The molecule has 2 rings (SSSR count). The summed E-state index contributed by atoms with van der Waals surface area (Å²) in [6.07, 6.45) is 0.796. The number of aliphatic hydroxyl groups excluding tert-OH is 1. The molecule has 0 saturated carbocycles. The topological polar surface area (TPSA) is 49.8 Å². The molecule has 0 aliphatic carbocycles. The molecule has 1 heterocycles. The molecule has 0 radical (unpaired) electrons. The van der Waals surface area contributed by atoms with E-state index in [1.54, 1.807) is 13.2 Å². The zero-order valence-electron chi connectivity index (χ0n) is 11.3. The van der Waals surface area contributed by atoms with Crippen LogP contribution in [0.2, 0.25) is 0 Å². The van der Waals surface area contributed by atoms with Gasteiger partial charge >= 0.3 is 0 Å². The van der Waals surface area contributed by atoms with Crippen molar-refractivity contribution in [2.75, 3.05) is 12.0 Å². The molecule has 1 aromatic rings. The lowest BCUT2D eigenvalue weighted by Gasteiger charge is -2.24. The Morgan fingerprint density at radius 2 is 2.32 bits per heavy atom. The third kappa shape index (κ3) is 2.79. The number of allylic oxidation sites excluding steroid dienone is 1. The normalized spacial score (nSPS) is 18.8. The maximum atomic E-state index is 11.9. The van der Waals surface area contributed by atoms with Gasteiger partial charge in [-0.1, -0.05) is 12.2 Å². The van der Waals surface area contributed by atoms with Crippen molar-refractivity contribution in [1.29, 1.82) is 0 Å². The molecular weight excluding hydrogens is 242 g/mol. The molecule has 0 aromatic heterocycles. The SMILES string of the molecule is C=C(C)Cc1cc(OC)ccc1N1C(=O)CCC1O. The first kappa shape index (κ1) is 13.6. The highest BCUT2D eigenvalue weighted by atomic mass is 16.5. The minimum atomic E-state index is -0.732. The summed E-state index contributed by atoms with van der Waals surface area (Å²) < 4.78 is 5.21. The zero-order chi connectivity index (χ0) is 14.0. The molecular formula is C15H19NO3. The second kappa shape index (κ2) is 5.45. The van der Waals surface area contributed by atoms with E-state index in [4.69, 9.17) is 4.74 Å². The van der Waals surface area contributed by atoms with E-state index in [-0.39, 0.29) is 5.91 Å². The molecule has 0 bridgehead atoms. The monoisotopic (exact) mass is 261 g/mol. The largest absolute Gasteiger partial charge is 0.497 e. The van der Waals surface area contributed by atoms with Crippen LogP contribution >= 0.6 is 0 Å². The average Bonchev–Trinajstić information content (AvgIpc) is 2.69. The number of hydrogen-bond donors (Lipinski definition) is 1. The van der Waals surface area contributed by atoms with E-state index in [9.17, 15) is 9.90 Å². The van der Waals surface area contributed by atoms with Crippen molar-refractivity contribution >= 4 is 11.6 Å². The molecule has 19 heavy (non-hydrogen) atoms. The van der Waals surface area contributed by atoms with E-state index >= 15 is 0 Å². The van der Waals surface area contributed by atoms with Gasteiger partial charge in [0.15, 0.2) is 0 Å². The van der Waals surface area contributed by atoms with Gasteiger partial charge in [-0.3, -0.25) is 9.69 Å². The van der Waals surface area contributed by atoms with Crippen molar-refractivity contribution in [3.05, 3.63) is 35.9 Å². The number of ether oxygens (including phenoxy) is 1. The van der Waals surface area contributed by atoms with Crippen molar-refractivity contribution in [1.82, 2.24) is 0 Å². The summed E-state index contributed by atoms with van der Waals surface area (Å²) in [6, 6.07) is 5.52. The minimum absolute atomic E-state index is 0.0411. The Hall–Kier alpha value is -1.81. The Kier molecular flexibility index (Phi) is 3.90. The highest BCUT2D eigenvalue weighted by molar-refractivity contribution is 5.96. The highest BCUT2D eigenvalue weighted by Crippen LogP contribution is 2.32. The predicted molar refractivity (Wildman–Crippen MR) is 74.2 cm³/mol. The lowest BCUT2D eigenvalue weighted by atomic mass is 10.0. The third-order valence-corrected chi connectivity index (χ3v) is 3.22. The van der Waals surface area contributed by atoms with Gasteiger partial charge in [-0.05, 0) is 37.1 Å². The fourth-order valence-corrected chi connectivity index (χ4v) is 2.35. The summed E-state index contributed by atoms with van der Waals surface area (Å²) >= 11 is 0. The van der Waals surface area contributed by atoms with E-state index in [0.717, 1.165) is 22.6 Å². The molecule has 4 heteroatoms. The molecule has 1 saturated heterocycles. The van der Waals surface area contributed by atoms with Gasteiger partial charge in [-0.2, -0.15) is 0 Å². The van der Waals surface area contributed by atoms with Gasteiger partial charge in [0, 0.05) is 12.8 Å². The first-order valence-corrected chi connectivity index (χ1v) is 6.34. The van der Waals surface area contributed by atoms with Crippen molar-refractivity contribution in [2.24, 2.45) is 0 Å². The maximum absolute atomic E-state index is 11.9. The van der Waals surface area contributed by atoms with Crippen molar-refractivity contribution < 1.29 is 14.6 Å². The van der Waals surface area contributed by atoms with Gasteiger partial charge in [0.05, 0.1) is 12.8 Å². The van der Waals surface area contributed by atoms with Crippen LogP contribution < -0.4 is 9.64 Å². The molecule has 1 unspecified atom stereocenters. The third-order valence-electron chi connectivity index (χ3n) is 3.22. The van der Waals surface area contributed by atoms with Crippen LogP contribution in [0.4, 0.5) is 5.69 Å². The second-order valence-electron chi connectivity index (χ2n) is 4.91. The molecule has 1 atom stereocenters. The van der Waals surface area contributed by atoms with E-state index in [1.165, 1.54) is 4.90 Å². The van der Waals surface area contributed by atoms with Crippen molar-refractivity contribution in [3.63, 3.8) is 0 Å². The number of amides is 1. The molecule has 1 N–H and O–H groups in total. The molecule has 1 aliphatic heterocycles. The van der Waals surface area contributed by atoms with E-state index in [1.807, 2.05) is 19.1 Å². The number of hydrogen-bond acceptors (Lipinski definition) is 3. The average molecular weight is 261 g/mol. The van der Waals surface area contributed by atoms with E-state index in [2.05, 4.69) is 6.58 Å². The summed E-state index contributed by atoms with van der Waals surface area (Å²) in [7, 11) is 1.61. The van der Waals surface area contributed by atoms with Crippen molar-refractivity contribution in [2.45, 2.75) is 32.4 Å². The number of carbonyl (C=O) groups excluding carboxylic acids is 1. The Morgan fingerprint density at radius 1 is 1.58 bits per heavy atom. The Morgan fingerprint density at radius 3 is 2.84 bits per heavy atom. The van der Waals surface area contributed by atoms with E-state index in [0.29, 0.717) is 19.3 Å². The van der Waals surface area contributed by atoms with Gasteiger partial charge in [0.25, 0.3) is 0 Å². The summed E-state index contributed by atoms with van der Waals surface area (Å²) in [6.45, 7) is 5.84. The number of aliphatic hydroxyl groups is 1. The van der Waals surface area contributed by atoms with Crippen LogP contribution in [0.15, 0.2) is 30.4 Å². The number of carbonyl (C=O) groups is 1. The molecule has 1 aromatic carbocycles. The molecule has 4 nitrogen and oxygen atoms in total. The first-order valence-electron chi connectivity index (χ1n) is 6.34. The van der Waals surface area contributed by atoms with E-state index < -0.39 is 6.23 Å². The van der Waals surface area contributed by atoms with Gasteiger partial charge < -0.3 is 9.84 Å². The number of benzene rings is 1.